The number of benzene rings is 2. The first kappa shape index (κ1) is 20.6. The number of hydrogen-bond acceptors (Lipinski definition) is 5. The molecule has 0 unspecified atom stereocenters. The highest BCUT2D eigenvalue weighted by Gasteiger charge is 2.36. The molecule has 2 heterocycles. The average molecular weight is 408 g/mol. The van der Waals surface area contributed by atoms with Crippen LogP contribution in [0.5, 0.6) is 0 Å². The summed E-state index contributed by atoms with van der Waals surface area (Å²) in [6.45, 7) is 8.62. The summed E-state index contributed by atoms with van der Waals surface area (Å²) >= 11 is 0. The first-order valence-corrected chi connectivity index (χ1v) is 10.5. The number of amides is 1. The Hall–Kier alpha value is -2.70. The smallest absolute Gasteiger partial charge is 0.300 e. The minimum atomic E-state index is -0.444. The molecule has 0 radical (unpaired) electrons. The zero-order valence-electron chi connectivity index (χ0n) is 17.9. The van der Waals surface area contributed by atoms with Gasteiger partial charge >= 0.3 is 5.91 Å². The molecule has 158 valence electrons. The maximum atomic E-state index is 12.6. The van der Waals surface area contributed by atoms with E-state index in [1.807, 2.05) is 25.2 Å². The number of morpholine rings is 1. The van der Waals surface area contributed by atoms with E-state index in [0.717, 1.165) is 31.9 Å². The van der Waals surface area contributed by atoms with Gasteiger partial charge in [0, 0.05) is 25.3 Å². The monoisotopic (exact) mass is 407 g/mol. The molecule has 0 atom stereocenters. The number of ketones is 1. The zero-order chi connectivity index (χ0) is 21.3. The second kappa shape index (κ2) is 8.58. The first-order chi connectivity index (χ1) is 14.4. The van der Waals surface area contributed by atoms with Crippen molar-refractivity contribution in [2.24, 2.45) is 0 Å². The summed E-state index contributed by atoms with van der Waals surface area (Å²) < 4.78 is 5.42. The number of ether oxygens (including phenoxy) is 1. The number of carbonyl (C=O) groups excluding carboxylic acids is 2. The van der Waals surface area contributed by atoms with E-state index in [2.05, 4.69) is 47.9 Å². The summed E-state index contributed by atoms with van der Waals surface area (Å²) in [4.78, 5) is 31.0. The van der Waals surface area contributed by atoms with E-state index in [-0.39, 0.29) is 0 Å². The van der Waals surface area contributed by atoms with Gasteiger partial charge in [-0.2, -0.15) is 0 Å². The van der Waals surface area contributed by atoms with Crippen LogP contribution in [-0.2, 0) is 16.1 Å². The van der Waals surface area contributed by atoms with Crippen molar-refractivity contribution in [2.75, 3.05) is 49.8 Å². The second-order valence-electron chi connectivity index (χ2n) is 8.42. The van der Waals surface area contributed by atoms with Crippen molar-refractivity contribution in [1.29, 1.82) is 0 Å². The maximum absolute atomic E-state index is 12.6. The molecular weight excluding hydrogens is 378 g/mol. The van der Waals surface area contributed by atoms with Gasteiger partial charge in [-0.25, -0.2) is 0 Å². The van der Waals surface area contributed by atoms with Crippen LogP contribution in [0.3, 0.4) is 0 Å². The van der Waals surface area contributed by atoms with Gasteiger partial charge in [0.2, 0.25) is 0 Å². The standard InChI is InChI=1S/C24H29N3O3/c1-17(2)19-6-9-22-21(14-19)23(28)24(29)27(22)16-25(3)15-18-4-7-20(8-5-18)26-10-12-30-13-11-26/h4-9,14,17H,10-13,15-16H2,1-3H3. The quantitative estimate of drug-likeness (QED) is 0.688. The van der Waals surface area contributed by atoms with Crippen molar-refractivity contribution in [2.45, 2.75) is 26.3 Å². The van der Waals surface area contributed by atoms with Gasteiger partial charge in [-0.1, -0.05) is 32.0 Å². The van der Waals surface area contributed by atoms with Crippen LogP contribution in [0.1, 0.15) is 41.3 Å². The van der Waals surface area contributed by atoms with E-state index in [0.29, 0.717) is 30.4 Å². The number of fused-ring (bicyclic) bond motifs is 1. The summed E-state index contributed by atoms with van der Waals surface area (Å²) in [6.07, 6.45) is 0. The zero-order valence-corrected chi connectivity index (χ0v) is 17.9. The molecular formula is C24H29N3O3. The lowest BCUT2D eigenvalue weighted by Crippen LogP contribution is -2.39. The molecule has 30 heavy (non-hydrogen) atoms. The van der Waals surface area contributed by atoms with Crippen LogP contribution in [0.2, 0.25) is 0 Å². The van der Waals surface area contributed by atoms with E-state index >= 15 is 0 Å². The molecule has 1 fully saturated rings. The van der Waals surface area contributed by atoms with Gasteiger partial charge in [0.25, 0.3) is 5.78 Å². The predicted molar refractivity (Wildman–Crippen MR) is 118 cm³/mol. The third-order valence-corrected chi connectivity index (χ3v) is 5.81. The van der Waals surface area contributed by atoms with Crippen molar-refractivity contribution in [3.8, 4) is 0 Å². The Bertz CT molecular complexity index is 933. The molecule has 0 spiro atoms. The Labute approximate surface area is 178 Å². The van der Waals surface area contributed by atoms with Gasteiger partial charge in [0.05, 0.1) is 31.1 Å². The van der Waals surface area contributed by atoms with Crippen LogP contribution in [0.4, 0.5) is 11.4 Å². The predicted octanol–water partition coefficient (Wildman–Crippen LogP) is 3.27. The molecule has 0 aliphatic carbocycles. The van der Waals surface area contributed by atoms with Gasteiger partial charge < -0.3 is 9.64 Å². The van der Waals surface area contributed by atoms with E-state index in [9.17, 15) is 9.59 Å². The Morgan fingerprint density at radius 1 is 1.03 bits per heavy atom. The lowest BCUT2D eigenvalue weighted by molar-refractivity contribution is -0.114. The molecule has 2 aliphatic heterocycles. The highest BCUT2D eigenvalue weighted by atomic mass is 16.5. The van der Waals surface area contributed by atoms with Crippen LogP contribution < -0.4 is 9.80 Å². The fourth-order valence-electron chi connectivity index (χ4n) is 4.05. The molecule has 4 rings (SSSR count). The maximum Gasteiger partial charge on any atom is 0.300 e. The Kier molecular flexibility index (Phi) is 5.88. The van der Waals surface area contributed by atoms with Crippen LogP contribution >= 0.6 is 0 Å². The van der Waals surface area contributed by atoms with Crippen molar-refractivity contribution >= 4 is 23.1 Å². The number of nitrogens with zero attached hydrogens (tertiary/aromatic N) is 3. The molecule has 0 saturated carbocycles. The first-order valence-electron chi connectivity index (χ1n) is 10.5. The van der Waals surface area contributed by atoms with Gasteiger partial charge in [0.15, 0.2) is 0 Å². The minimum absolute atomic E-state index is 0.315. The third-order valence-electron chi connectivity index (χ3n) is 5.81. The highest BCUT2D eigenvalue weighted by Crippen LogP contribution is 2.32. The van der Waals surface area contributed by atoms with Crippen LogP contribution in [0.25, 0.3) is 0 Å². The van der Waals surface area contributed by atoms with E-state index in [1.54, 1.807) is 4.90 Å². The molecule has 2 aromatic rings. The molecule has 0 bridgehead atoms. The number of hydrogen-bond donors (Lipinski definition) is 0. The lowest BCUT2D eigenvalue weighted by Gasteiger charge is -2.29. The Morgan fingerprint density at radius 3 is 2.40 bits per heavy atom. The topological polar surface area (TPSA) is 53.1 Å². The summed E-state index contributed by atoms with van der Waals surface area (Å²) in [6, 6.07) is 14.3. The Morgan fingerprint density at radius 2 is 1.73 bits per heavy atom. The van der Waals surface area contributed by atoms with Gasteiger partial charge in [-0.15, -0.1) is 0 Å². The van der Waals surface area contributed by atoms with Crippen molar-refractivity contribution in [1.82, 2.24) is 4.90 Å². The summed E-state index contributed by atoms with van der Waals surface area (Å²) in [5.74, 6) is -0.536. The largest absolute Gasteiger partial charge is 0.378 e. The fraction of sp³-hybridized carbons (Fsp3) is 0.417. The molecule has 0 aromatic heterocycles. The molecule has 2 aliphatic rings. The third kappa shape index (κ3) is 4.11. The van der Waals surface area contributed by atoms with Gasteiger partial charge in [0.1, 0.15) is 0 Å². The number of carbonyl (C=O) groups is 2. The molecule has 2 aromatic carbocycles. The van der Waals surface area contributed by atoms with Crippen LogP contribution in [0.15, 0.2) is 42.5 Å². The highest BCUT2D eigenvalue weighted by molar-refractivity contribution is 6.52. The van der Waals surface area contributed by atoms with Gasteiger partial charge in [-0.05, 0) is 48.4 Å². The van der Waals surface area contributed by atoms with Crippen LogP contribution in [-0.4, -0.2) is 56.6 Å². The normalized spacial score (nSPS) is 16.7. The summed E-state index contributed by atoms with van der Waals surface area (Å²) in [5, 5.41) is 0. The van der Waals surface area contributed by atoms with E-state index < -0.39 is 11.7 Å². The minimum Gasteiger partial charge on any atom is -0.378 e. The lowest BCUT2D eigenvalue weighted by atomic mass is 9.99. The number of Topliss-reactive ketones (excluding diaryl/α,β-unsaturated/α-hetero) is 1. The van der Waals surface area contributed by atoms with E-state index in [4.69, 9.17) is 4.74 Å². The average Bonchev–Trinajstić information content (AvgIpc) is 2.99. The fourth-order valence-corrected chi connectivity index (χ4v) is 4.05. The second-order valence-corrected chi connectivity index (χ2v) is 8.42. The Balaban J connectivity index is 1.42. The SMILES string of the molecule is CC(C)c1ccc2c(c1)C(=O)C(=O)N2CN(C)Cc1ccc(N2CCOCC2)cc1. The van der Waals surface area contributed by atoms with Crippen LogP contribution in [0, 0.1) is 0 Å². The molecule has 6 nitrogen and oxygen atoms in total. The summed E-state index contributed by atoms with van der Waals surface area (Å²) in [5.41, 5.74) is 4.69. The number of rotatable bonds is 6. The van der Waals surface area contributed by atoms with E-state index in [1.165, 1.54) is 11.3 Å². The summed E-state index contributed by atoms with van der Waals surface area (Å²) in [7, 11) is 1.97. The van der Waals surface area contributed by atoms with Gasteiger partial charge in [-0.3, -0.25) is 19.4 Å². The number of anilines is 2. The molecule has 6 heteroatoms. The van der Waals surface area contributed by atoms with Crippen molar-refractivity contribution < 1.29 is 14.3 Å². The molecule has 0 N–H and O–H groups in total. The van der Waals surface area contributed by atoms with Crippen molar-refractivity contribution in [3.05, 3.63) is 59.2 Å². The molecule has 1 saturated heterocycles. The van der Waals surface area contributed by atoms with Crippen molar-refractivity contribution in [3.63, 3.8) is 0 Å². The molecule has 1 amide bonds.